The molecule has 90 valence electrons. The smallest absolute Gasteiger partial charge is 0.0702 e. The van der Waals surface area contributed by atoms with Crippen LogP contribution < -0.4 is 11.3 Å². The van der Waals surface area contributed by atoms with Crippen molar-refractivity contribution in [1.29, 1.82) is 0 Å². The molecule has 1 unspecified atom stereocenters. The molecule has 0 saturated heterocycles. The zero-order chi connectivity index (χ0) is 11.4. The van der Waals surface area contributed by atoms with E-state index in [0.29, 0.717) is 12.0 Å². The zero-order valence-corrected chi connectivity index (χ0v) is 11.8. The lowest BCUT2D eigenvalue weighted by molar-refractivity contribution is 0.333. The summed E-state index contributed by atoms with van der Waals surface area (Å²) in [4.78, 5) is 1.36. The van der Waals surface area contributed by atoms with Crippen LogP contribution in [0.3, 0.4) is 0 Å². The van der Waals surface area contributed by atoms with Gasteiger partial charge in [-0.05, 0) is 46.8 Å². The summed E-state index contributed by atoms with van der Waals surface area (Å²) in [6.07, 6.45) is 8.11. The number of thiophene rings is 1. The van der Waals surface area contributed by atoms with Crippen molar-refractivity contribution in [1.82, 2.24) is 5.43 Å². The van der Waals surface area contributed by atoms with Crippen LogP contribution in [0.25, 0.3) is 0 Å². The van der Waals surface area contributed by atoms with Gasteiger partial charge in [0.2, 0.25) is 0 Å². The lowest BCUT2D eigenvalue weighted by Gasteiger charge is -2.24. The van der Waals surface area contributed by atoms with Crippen LogP contribution in [-0.2, 0) is 0 Å². The second-order valence-corrected chi connectivity index (χ2v) is 7.03. The van der Waals surface area contributed by atoms with Crippen molar-refractivity contribution in [2.45, 2.75) is 44.6 Å². The Hall–Kier alpha value is 0.1000. The first-order chi connectivity index (χ1) is 7.81. The van der Waals surface area contributed by atoms with E-state index in [2.05, 4.69) is 33.5 Å². The Morgan fingerprint density at radius 2 is 1.94 bits per heavy atom. The molecule has 2 rings (SSSR count). The van der Waals surface area contributed by atoms with Gasteiger partial charge in [-0.2, -0.15) is 0 Å². The van der Waals surface area contributed by atoms with Crippen molar-refractivity contribution in [2.24, 2.45) is 11.8 Å². The monoisotopic (exact) mass is 302 g/mol. The first kappa shape index (κ1) is 12.6. The molecule has 16 heavy (non-hydrogen) atoms. The molecule has 1 aromatic rings. The standard InChI is InChI=1S/C12H19BrN2S/c13-11-8-7-10(16-11)12(15-14)9-5-3-1-2-4-6-9/h7-9,12,15H,1-6,14H2. The molecule has 1 aliphatic carbocycles. The number of nitrogens with two attached hydrogens (primary N) is 1. The number of nitrogens with one attached hydrogen (secondary N) is 1. The molecule has 0 radical (unpaired) electrons. The van der Waals surface area contributed by atoms with Crippen molar-refractivity contribution in [3.05, 3.63) is 20.8 Å². The highest BCUT2D eigenvalue weighted by Gasteiger charge is 2.24. The van der Waals surface area contributed by atoms with Crippen LogP contribution in [0.4, 0.5) is 0 Å². The minimum Gasteiger partial charge on any atom is -0.271 e. The molecule has 0 spiro atoms. The van der Waals surface area contributed by atoms with Gasteiger partial charge in [0.25, 0.3) is 0 Å². The molecule has 0 bridgehead atoms. The van der Waals surface area contributed by atoms with E-state index in [-0.39, 0.29) is 0 Å². The molecule has 1 saturated carbocycles. The summed E-state index contributed by atoms with van der Waals surface area (Å²) in [6.45, 7) is 0. The van der Waals surface area contributed by atoms with Crippen LogP contribution in [-0.4, -0.2) is 0 Å². The molecule has 1 atom stereocenters. The Balaban J connectivity index is 2.08. The summed E-state index contributed by atoms with van der Waals surface area (Å²) in [6, 6.07) is 4.64. The van der Waals surface area contributed by atoms with Crippen molar-refractivity contribution in [2.75, 3.05) is 0 Å². The molecule has 0 aromatic carbocycles. The van der Waals surface area contributed by atoms with Gasteiger partial charge < -0.3 is 0 Å². The first-order valence-electron chi connectivity index (χ1n) is 6.02. The van der Waals surface area contributed by atoms with Crippen molar-refractivity contribution in [3.63, 3.8) is 0 Å². The summed E-state index contributed by atoms with van der Waals surface area (Å²) < 4.78 is 1.19. The Bertz CT molecular complexity index is 319. The second-order valence-electron chi connectivity index (χ2n) is 4.54. The number of rotatable bonds is 3. The normalized spacial score (nSPS) is 20.6. The molecule has 1 aromatic heterocycles. The van der Waals surface area contributed by atoms with Gasteiger partial charge in [0, 0.05) is 4.88 Å². The maximum Gasteiger partial charge on any atom is 0.0702 e. The molecular weight excluding hydrogens is 284 g/mol. The van der Waals surface area contributed by atoms with Crippen LogP contribution >= 0.6 is 27.3 Å². The summed E-state index contributed by atoms with van der Waals surface area (Å²) in [5.74, 6) is 6.44. The van der Waals surface area contributed by atoms with Gasteiger partial charge >= 0.3 is 0 Å². The molecule has 1 aliphatic rings. The molecule has 0 aliphatic heterocycles. The molecule has 0 amide bonds. The number of hydrazine groups is 1. The first-order valence-corrected chi connectivity index (χ1v) is 7.63. The van der Waals surface area contributed by atoms with E-state index < -0.39 is 0 Å². The van der Waals surface area contributed by atoms with Gasteiger partial charge in [-0.3, -0.25) is 11.3 Å². The van der Waals surface area contributed by atoms with E-state index in [4.69, 9.17) is 5.84 Å². The lowest BCUT2D eigenvalue weighted by Crippen LogP contribution is -2.32. The topological polar surface area (TPSA) is 38.0 Å². The fraction of sp³-hybridized carbons (Fsp3) is 0.667. The van der Waals surface area contributed by atoms with E-state index >= 15 is 0 Å². The summed E-state index contributed by atoms with van der Waals surface area (Å²) >= 11 is 5.31. The Morgan fingerprint density at radius 3 is 2.44 bits per heavy atom. The largest absolute Gasteiger partial charge is 0.271 e. The predicted octanol–water partition coefficient (Wildman–Crippen LogP) is 3.99. The highest BCUT2D eigenvalue weighted by Crippen LogP contribution is 2.37. The zero-order valence-electron chi connectivity index (χ0n) is 9.42. The fourth-order valence-corrected chi connectivity index (χ4v) is 4.17. The van der Waals surface area contributed by atoms with Crippen molar-refractivity contribution in [3.8, 4) is 0 Å². The predicted molar refractivity (Wildman–Crippen MR) is 73.3 cm³/mol. The third kappa shape index (κ3) is 3.06. The van der Waals surface area contributed by atoms with Gasteiger partial charge in [-0.15, -0.1) is 11.3 Å². The molecule has 1 heterocycles. The Morgan fingerprint density at radius 1 is 1.25 bits per heavy atom. The van der Waals surface area contributed by atoms with Gasteiger partial charge in [-0.25, -0.2) is 0 Å². The van der Waals surface area contributed by atoms with Gasteiger partial charge in [0.05, 0.1) is 9.83 Å². The highest BCUT2D eigenvalue weighted by molar-refractivity contribution is 9.11. The number of halogens is 1. The van der Waals surface area contributed by atoms with E-state index in [9.17, 15) is 0 Å². The summed E-state index contributed by atoms with van der Waals surface area (Å²) in [7, 11) is 0. The molecule has 2 nitrogen and oxygen atoms in total. The third-order valence-corrected chi connectivity index (χ3v) is 5.16. The van der Waals surface area contributed by atoms with Crippen LogP contribution in [0, 0.1) is 5.92 Å². The van der Waals surface area contributed by atoms with E-state index in [1.165, 1.54) is 47.2 Å². The maximum absolute atomic E-state index is 5.74. The van der Waals surface area contributed by atoms with E-state index in [1.54, 1.807) is 11.3 Å². The maximum atomic E-state index is 5.74. The fourth-order valence-electron chi connectivity index (χ4n) is 2.59. The minimum atomic E-state index is 0.342. The minimum absolute atomic E-state index is 0.342. The van der Waals surface area contributed by atoms with Crippen LogP contribution in [0.1, 0.15) is 49.4 Å². The highest BCUT2D eigenvalue weighted by atomic mass is 79.9. The van der Waals surface area contributed by atoms with Crippen molar-refractivity contribution < 1.29 is 0 Å². The second kappa shape index (κ2) is 6.15. The summed E-state index contributed by atoms with van der Waals surface area (Å²) in [5, 5.41) is 0. The van der Waals surface area contributed by atoms with Crippen LogP contribution in [0.15, 0.2) is 15.9 Å². The van der Waals surface area contributed by atoms with Crippen LogP contribution in [0.2, 0.25) is 0 Å². The average molecular weight is 303 g/mol. The molecule has 1 fully saturated rings. The molecular formula is C12H19BrN2S. The van der Waals surface area contributed by atoms with Crippen molar-refractivity contribution >= 4 is 27.3 Å². The lowest BCUT2D eigenvalue weighted by atomic mass is 9.91. The quantitative estimate of drug-likeness (QED) is 0.503. The van der Waals surface area contributed by atoms with Gasteiger partial charge in [-0.1, -0.05) is 25.7 Å². The Labute approximate surface area is 110 Å². The SMILES string of the molecule is NNC(c1ccc(Br)s1)C1CCCCCC1. The molecule has 4 heteroatoms. The molecule has 3 N–H and O–H groups in total. The number of hydrogen-bond acceptors (Lipinski definition) is 3. The van der Waals surface area contributed by atoms with Gasteiger partial charge in [0.1, 0.15) is 0 Å². The van der Waals surface area contributed by atoms with E-state index in [0.717, 1.165) is 0 Å². The van der Waals surface area contributed by atoms with E-state index in [1.807, 2.05) is 0 Å². The van der Waals surface area contributed by atoms with Crippen LogP contribution in [0.5, 0.6) is 0 Å². The average Bonchev–Trinajstić information content (AvgIpc) is 2.55. The third-order valence-electron chi connectivity index (χ3n) is 3.45. The number of hydrogen-bond donors (Lipinski definition) is 2. The summed E-state index contributed by atoms with van der Waals surface area (Å²) in [5.41, 5.74) is 3.02. The Kier molecular flexibility index (Phi) is 4.82. The van der Waals surface area contributed by atoms with Gasteiger partial charge in [0.15, 0.2) is 0 Å².